The Kier molecular flexibility index (Phi) is 6.94. The number of carbonyl (C=O) groups is 2. The molecule has 28 heavy (non-hydrogen) atoms. The van der Waals surface area contributed by atoms with Gasteiger partial charge in [-0.05, 0) is 54.2 Å². The third-order valence-electron chi connectivity index (χ3n) is 4.55. The van der Waals surface area contributed by atoms with Gasteiger partial charge in [0.15, 0.2) is 5.11 Å². The van der Waals surface area contributed by atoms with Crippen LogP contribution in [0, 0.1) is 11.7 Å². The van der Waals surface area contributed by atoms with Crippen LogP contribution in [0.15, 0.2) is 41.8 Å². The van der Waals surface area contributed by atoms with Crippen molar-refractivity contribution in [3.05, 3.63) is 58.0 Å². The predicted octanol–water partition coefficient (Wildman–Crippen LogP) is 2.43. The number of nitrogens with one attached hydrogen (secondary N) is 3. The van der Waals surface area contributed by atoms with Crippen molar-refractivity contribution in [2.24, 2.45) is 5.92 Å². The molecule has 1 saturated heterocycles. The van der Waals surface area contributed by atoms with Crippen LogP contribution in [0.1, 0.15) is 28.1 Å². The average molecular weight is 421 g/mol. The standard InChI is InChI=1S/C19H21FN4O2S2/c20-15-5-3-13(4-6-15)12-21-19(27)23-22-17(25)14-7-9-24(10-8-14)18(26)16-2-1-11-28-16/h1-6,11,14H,7-10,12H2,(H,22,25)(H2,21,23,27). The lowest BCUT2D eigenvalue weighted by Crippen LogP contribution is -2.50. The molecule has 0 spiro atoms. The lowest BCUT2D eigenvalue weighted by atomic mass is 9.96. The molecule has 0 atom stereocenters. The van der Waals surface area contributed by atoms with Gasteiger partial charge in [-0.25, -0.2) is 4.39 Å². The Hall–Kier alpha value is -2.52. The summed E-state index contributed by atoms with van der Waals surface area (Å²) in [5.41, 5.74) is 6.18. The number of halogens is 1. The number of hydrogen-bond donors (Lipinski definition) is 3. The Labute approximate surface area is 172 Å². The van der Waals surface area contributed by atoms with Crippen molar-refractivity contribution >= 4 is 40.5 Å². The fraction of sp³-hybridized carbons (Fsp3) is 0.316. The van der Waals surface area contributed by atoms with Gasteiger partial charge >= 0.3 is 0 Å². The molecule has 0 aliphatic carbocycles. The summed E-state index contributed by atoms with van der Waals surface area (Å²) in [6.45, 7) is 1.54. The van der Waals surface area contributed by atoms with E-state index in [1.165, 1.54) is 23.5 Å². The van der Waals surface area contributed by atoms with Crippen LogP contribution in [-0.2, 0) is 11.3 Å². The lowest BCUT2D eigenvalue weighted by Gasteiger charge is -2.31. The molecule has 3 N–H and O–H groups in total. The van der Waals surface area contributed by atoms with Crippen molar-refractivity contribution in [3.63, 3.8) is 0 Å². The molecule has 1 fully saturated rings. The van der Waals surface area contributed by atoms with Gasteiger partial charge in [0, 0.05) is 25.6 Å². The number of hydrazine groups is 1. The number of nitrogens with zero attached hydrogens (tertiary/aromatic N) is 1. The van der Waals surface area contributed by atoms with Crippen LogP contribution in [0.2, 0.25) is 0 Å². The second-order valence-corrected chi connectivity index (χ2v) is 7.82. The minimum atomic E-state index is -0.292. The molecule has 1 aromatic carbocycles. The van der Waals surface area contributed by atoms with E-state index in [1.807, 2.05) is 17.5 Å². The third kappa shape index (κ3) is 5.49. The fourth-order valence-electron chi connectivity index (χ4n) is 2.95. The van der Waals surface area contributed by atoms with Gasteiger partial charge in [0.2, 0.25) is 5.91 Å². The minimum absolute atomic E-state index is 0.0261. The second-order valence-electron chi connectivity index (χ2n) is 6.47. The van der Waals surface area contributed by atoms with E-state index >= 15 is 0 Å². The zero-order valence-electron chi connectivity index (χ0n) is 15.1. The molecule has 2 amide bonds. The Morgan fingerprint density at radius 3 is 2.50 bits per heavy atom. The number of piperidine rings is 1. The highest BCUT2D eigenvalue weighted by molar-refractivity contribution is 7.80. The number of likely N-dealkylation sites (tertiary alicyclic amines) is 1. The van der Waals surface area contributed by atoms with Gasteiger partial charge in [0.1, 0.15) is 5.82 Å². The molecule has 0 unspecified atom stereocenters. The van der Waals surface area contributed by atoms with Gasteiger partial charge in [-0.1, -0.05) is 18.2 Å². The fourth-order valence-corrected chi connectivity index (χ4v) is 3.76. The van der Waals surface area contributed by atoms with E-state index < -0.39 is 0 Å². The molecule has 6 nitrogen and oxygen atoms in total. The molecule has 2 heterocycles. The molecule has 0 bridgehead atoms. The van der Waals surface area contributed by atoms with Crippen molar-refractivity contribution in [1.29, 1.82) is 0 Å². The second kappa shape index (κ2) is 9.61. The van der Waals surface area contributed by atoms with Crippen molar-refractivity contribution in [2.45, 2.75) is 19.4 Å². The van der Waals surface area contributed by atoms with Gasteiger partial charge in [-0.15, -0.1) is 11.3 Å². The van der Waals surface area contributed by atoms with Gasteiger partial charge < -0.3 is 10.2 Å². The van der Waals surface area contributed by atoms with E-state index in [9.17, 15) is 14.0 Å². The quantitative estimate of drug-likeness (QED) is 0.523. The Morgan fingerprint density at radius 2 is 1.86 bits per heavy atom. The minimum Gasteiger partial charge on any atom is -0.357 e. The number of thiocarbonyl (C=S) groups is 1. The molecule has 0 radical (unpaired) electrons. The summed E-state index contributed by atoms with van der Waals surface area (Å²) in [5.74, 6) is -0.577. The first-order valence-corrected chi connectivity index (χ1v) is 10.2. The molecular formula is C19H21FN4O2S2. The topological polar surface area (TPSA) is 73.5 Å². The molecule has 2 aromatic rings. The van der Waals surface area contributed by atoms with Gasteiger partial charge in [-0.2, -0.15) is 0 Å². The van der Waals surface area contributed by atoms with Gasteiger partial charge in [0.25, 0.3) is 5.91 Å². The van der Waals surface area contributed by atoms with E-state index in [0.717, 1.165) is 10.4 Å². The smallest absolute Gasteiger partial charge is 0.263 e. The summed E-state index contributed by atoms with van der Waals surface area (Å²) >= 11 is 6.56. The normalized spacial score (nSPS) is 14.4. The number of thiophene rings is 1. The summed E-state index contributed by atoms with van der Waals surface area (Å²) in [5, 5.41) is 5.11. The van der Waals surface area contributed by atoms with E-state index in [4.69, 9.17) is 12.2 Å². The molecule has 148 valence electrons. The largest absolute Gasteiger partial charge is 0.357 e. The zero-order chi connectivity index (χ0) is 19.9. The summed E-state index contributed by atoms with van der Waals surface area (Å²) < 4.78 is 12.9. The van der Waals surface area contributed by atoms with Crippen molar-refractivity contribution in [3.8, 4) is 0 Å². The zero-order valence-corrected chi connectivity index (χ0v) is 16.7. The van der Waals surface area contributed by atoms with Crippen LogP contribution in [-0.4, -0.2) is 34.9 Å². The average Bonchev–Trinajstić information content (AvgIpc) is 3.26. The molecule has 3 rings (SSSR count). The maximum Gasteiger partial charge on any atom is 0.263 e. The Morgan fingerprint density at radius 1 is 1.14 bits per heavy atom. The Balaban J connectivity index is 1.36. The van der Waals surface area contributed by atoms with Crippen molar-refractivity contribution in [1.82, 2.24) is 21.1 Å². The Bertz CT molecular complexity index is 819. The van der Waals surface area contributed by atoms with Crippen molar-refractivity contribution < 1.29 is 14.0 Å². The van der Waals surface area contributed by atoms with Crippen LogP contribution in [0.4, 0.5) is 4.39 Å². The summed E-state index contributed by atoms with van der Waals surface area (Å²) in [7, 11) is 0. The number of amides is 2. The SMILES string of the molecule is O=C(NNC(=S)NCc1ccc(F)cc1)C1CCN(C(=O)c2cccs2)CC1. The summed E-state index contributed by atoms with van der Waals surface area (Å²) in [4.78, 5) is 27.2. The molecule has 0 saturated carbocycles. The van der Waals surface area contributed by atoms with E-state index in [2.05, 4.69) is 16.2 Å². The van der Waals surface area contributed by atoms with Crippen LogP contribution in [0.25, 0.3) is 0 Å². The maximum atomic E-state index is 12.9. The predicted molar refractivity (Wildman–Crippen MR) is 110 cm³/mol. The third-order valence-corrected chi connectivity index (χ3v) is 5.65. The number of carbonyl (C=O) groups excluding carboxylic acids is 2. The number of rotatable bonds is 4. The number of benzene rings is 1. The first-order chi connectivity index (χ1) is 13.5. The first kappa shape index (κ1) is 20.2. The van der Waals surface area contributed by atoms with E-state index in [1.54, 1.807) is 17.0 Å². The van der Waals surface area contributed by atoms with Crippen LogP contribution in [0.3, 0.4) is 0 Å². The van der Waals surface area contributed by atoms with Crippen LogP contribution < -0.4 is 16.2 Å². The highest BCUT2D eigenvalue weighted by Crippen LogP contribution is 2.20. The highest BCUT2D eigenvalue weighted by atomic mass is 32.1. The molecule has 1 aromatic heterocycles. The van der Waals surface area contributed by atoms with E-state index in [-0.39, 0.29) is 28.7 Å². The maximum absolute atomic E-state index is 12.9. The molecular weight excluding hydrogens is 399 g/mol. The molecule has 1 aliphatic heterocycles. The van der Waals surface area contributed by atoms with Crippen LogP contribution >= 0.6 is 23.6 Å². The van der Waals surface area contributed by atoms with Crippen LogP contribution in [0.5, 0.6) is 0 Å². The first-order valence-electron chi connectivity index (χ1n) is 8.94. The summed E-state index contributed by atoms with van der Waals surface area (Å²) in [6, 6.07) is 9.76. The molecule has 1 aliphatic rings. The lowest BCUT2D eigenvalue weighted by molar-refractivity contribution is -0.126. The molecule has 9 heteroatoms. The number of hydrogen-bond acceptors (Lipinski definition) is 4. The monoisotopic (exact) mass is 420 g/mol. The van der Waals surface area contributed by atoms with E-state index in [0.29, 0.717) is 32.5 Å². The highest BCUT2D eigenvalue weighted by Gasteiger charge is 2.28. The van der Waals surface area contributed by atoms with Crippen molar-refractivity contribution in [2.75, 3.05) is 13.1 Å². The summed E-state index contributed by atoms with van der Waals surface area (Å²) in [6.07, 6.45) is 1.22. The van der Waals surface area contributed by atoms with Gasteiger partial charge in [0.05, 0.1) is 4.88 Å². The van der Waals surface area contributed by atoms with Gasteiger partial charge in [-0.3, -0.25) is 20.4 Å².